The third-order valence-corrected chi connectivity index (χ3v) is 2.39. The van der Waals surface area contributed by atoms with Crippen molar-refractivity contribution in [3.8, 4) is 11.5 Å². The molecule has 104 valence electrons. The van der Waals surface area contributed by atoms with Gasteiger partial charge in [-0.25, -0.2) is 0 Å². The van der Waals surface area contributed by atoms with Crippen LogP contribution in [-0.4, -0.2) is 25.0 Å². The van der Waals surface area contributed by atoms with E-state index in [9.17, 15) is 30.7 Å². The molecule has 2 nitrogen and oxygen atoms in total. The summed E-state index contributed by atoms with van der Waals surface area (Å²) >= 11 is 0. The Morgan fingerprint density at radius 1 is 0.789 bits per heavy atom. The number of alkyl halides is 7. The molecule has 0 saturated heterocycles. The molecule has 0 aromatic heterocycles. The Morgan fingerprint density at radius 3 is 1.58 bits per heavy atom. The first-order valence-electron chi connectivity index (χ1n) is 4.82. The van der Waals surface area contributed by atoms with Crippen molar-refractivity contribution in [2.24, 2.45) is 0 Å². The van der Waals surface area contributed by atoms with E-state index in [1.54, 1.807) is 0 Å². The number of halogens is 7. The molecule has 1 aromatic carbocycles. The van der Waals surface area contributed by atoms with Gasteiger partial charge in [-0.3, -0.25) is 0 Å². The van der Waals surface area contributed by atoms with Crippen LogP contribution in [0, 0.1) is 0 Å². The van der Waals surface area contributed by atoms with Gasteiger partial charge in [0.2, 0.25) is 0 Å². The van der Waals surface area contributed by atoms with Crippen molar-refractivity contribution < 1.29 is 40.0 Å². The normalized spacial score (nSPS) is 15.8. The zero-order valence-corrected chi connectivity index (χ0v) is 8.85. The Bertz CT molecular complexity index is 463. The zero-order chi connectivity index (χ0) is 14.5. The first-order valence-corrected chi connectivity index (χ1v) is 4.82. The average Bonchev–Trinajstić information content (AvgIpc) is 2.71. The topological polar surface area (TPSA) is 18.5 Å². The molecule has 2 rings (SSSR count). The summed E-state index contributed by atoms with van der Waals surface area (Å²) in [5.41, 5.74) is 0. The quantitative estimate of drug-likeness (QED) is 0.614. The van der Waals surface area contributed by atoms with Gasteiger partial charge in [0.05, 0.1) is 0 Å². The first-order chi connectivity index (χ1) is 8.57. The second-order valence-corrected chi connectivity index (χ2v) is 3.71. The van der Waals surface area contributed by atoms with Crippen molar-refractivity contribution in [2.45, 2.75) is 17.9 Å². The number of benzene rings is 1. The van der Waals surface area contributed by atoms with Crippen LogP contribution < -0.4 is 9.31 Å². The Kier molecular flexibility index (Phi) is 2.87. The molecule has 19 heavy (non-hydrogen) atoms. The highest BCUT2D eigenvalue weighted by molar-refractivity contribution is 6.51. The van der Waals surface area contributed by atoms with Gasteiger partial charge in [0, 0.05) is 0 Å². The molecule has 0 aliphatic carbocycles. The highest BCUT2D eigenvalue weighted by atomic mass is 19.4. The van der Waals surface area contributed by atoms with Gasteiger partial charge in [-0.2, -0.15) is 30.7 Å². The van der Waals surface area contributed by atoms with E-state index in [-0.39, 0.29) is 11.5 Å². The molecule has 10 heteroatoms. The van der Waals surface area contributed by atoms with Crippen LogP contribution in [0.15, 0.2) is 24.3 Å². The fourth-order valence-corrected chi connectivity index (χ4v) is 1.38. The molecule has 0 spiro atoms. The summed E-state index contributed by atoms with van der Waals surface area (Å²) in [6.07, 6.45) is -6.42. The van der Waals surface area contributed by atoms with Crippen molar-refractivity contribution in [1.82, 2.24) is 0 Å². The van der Waals surface area contributed by atoms with Crippen molar-refractivity contribution in [3.05, 3.63) is 24.3 Å². The maximum absolute atomic E-state index is 13.2. The average molecular weight is 288 g/mol. The number of fused-ring (bicyclic) bond motifs is 1. The summed E-state index contributed by atoms with van der Waals surface area (Å²) in [7, 11) is -3.04. The van der Waals surface area contributed by atoms with Gasteiger partial charge in [0.25, 0.3) is 0 Å². The molecule has 0 saturated carbocycles. The van der Waals surface area contributed by atoms with Crippen LogP contribution >= 0.6 is 0 Å². The molecule has 0 radical (unpaired) electrons. The molecular formula is C9H4BF7O2. The maximum Gasteiger partial charge on any atom is 0.677 e. The number of hydrogen-bond donors (Lipinski definition) is 0. The number of rotatable bonds is 2. The van der Waals surface area contributed by atoms with E-state index < -0.39 is 25.0 Å². The van der Waals surface area contributed by atoms with Gasteiger partial charge in [0.15, 0.2) is 0 Å². The molecule has 1 aliphatic heterocycles. The van der Waals surface area contributed by atoms with Gasteiger partial charge in [0.1, 0.15) is 11.5 Å². The van der Waals surface area contributed by atoms with E-state index in [1.807, 2.05) is 0 Å². The minimum atomic E-state index is -6.42. The highest BCUT2D eigenvalue weighted by Crippen LogP contribution is 2.49. The molecular weight excluding hydrogens is 284 g/mol. The molecule has 0 N–H and O–H groups in total. The van der Waals surface area contributed by atoms with Crippen molar-refractivity contribution in [1.29, 1.82) is 0 Å². The fourth-order valence-electron chi connectivity index (χ4n) is 1.38. The Labute approximate surface area is 102 Å². The lowest BCUT2D eigenvalue weighted by Crippen LogP contribution is -2.62. The summed E-state index contributed by atoms with van der Waals surface area (Å²) in [5, 5.41) is 0. The SMILES string of the molecule is FC(F)(F)C(F)(F)C(F)(F)B1Oc2ccccc2O1. The first kappa shape index (κ1) is 13.8. The third kappa shape index (κ3) is 1.98. The van der Waals surface area contributed by atoms with Gasteiger partial charge < -0.3 is 9.31 Å². The van der Waals surface area contributed by atoms with Crippen molar-refractivity contribution in [2.75, 3.05) is 0 Å². The summed E-state index contributed by atoms with van der Waals surface area (Å²) in [4.78, 5) is 0. The Hall–Kier alpha value is -1.61. The Morgan fingerprint density at radius 2 is 1.21 bits per heavy atom. The van der Waals surface area contributed by atoms with Crippen LogP contribution in [0.1, 0.15) is 0 Å². The lowest BCUT2D eigenvalue weighted by atomic mass is 9.75. The third-order valence-electron chi connectivity index (χ3n) is 2.39. The van der Waals surface area contributed by atoms with Crippen molar-refractivity contribution in [3.63, 3.8) is 0 Å². The molecule has 0 atom stereocenters. The lowest BCUT2D eigenvalue weighted by Gasteiger charge is -2.27. The van der Waals surface area contributed by atoms with Crippen LogP contribution in [0.25, 0.3) is 0 Å². The highest BCUT2D eigenvalue weighted by Gasteiger charge is 2.81. The summed E-state index contributed by atoms with van der Waals surface area (Å²) in [6.45, 7) is 0. The molecule has 0 unspecified atom stereocenters. The minimum absolute atomic E-state index is 0.329. The van der Waals surface area contributed by atoms with E-state index >= 15 is 0 Å². The standard InChI is InChI=1S/C9H4BF7O2/c11-7(12,9(15,16)17)8(13,14)10-18-5-3-1-2-4-6(5)19-10/h1-4H. The smallest absolute Gasteiger partial charge is 0.519 e. The van der Waals surface area contributed by atoms with E-state index in [0.29, 0.717) is 0 Å². The van der Waals surface area contributed by atoms with Crippen LogP contribution in [-0.2, 0) is 0 Å². The van der Waals surface area contributed by atoms with E-state index in [4.69, 9.17) is 0 Å². The molecule has 0 amide bonds. The lowest BCUT2D eigenvalue weighted by molar-refractivity contribution is -0.337. The maximum atomic E-state index is 13.2. The van der Waals surface area contributed by atoms with E-state index in [1.165, 1.54) is 12.1 Å². The second-order valence-electron chi connectivity index (χ2n) is 3.71. The number of para-hydroxylation sites is 2. The number of hydrogen-bond acceptors (Lipinski definition) is 2. The van der Waals surface area contributed by atoms with Crippen LogP contribution in [0.4, 0.5) is 30.7 Å². The largest absolute Gasteiger partial charge is 0.677 e. The molecule has 0 fully saturated rings. The van der Waals surface area contributed by atoms with Crippen molar-refractivity contribution >= 4 is 7.12 Å². The summed E-state index contributed by atoms with van der Waals surface area (Å²) < 4.78 is 96.5. The van der Waals surface area contributed by atoms with Crippen LogP contribution in [0.5, 0.6) is 11.5 Å². The van der Waals surface area contributed by atoms with E-state index in [0.717, 1.165) is 12.1 Å². The monoisotopic (exact) mass is 288 g/mol. The van der Waals surface area contributed by atoms with E-state index in [2.05, 4.69) is 9.31 Å². The second kappa shape index (κ2) is 3.94. The van der Waals surface area contributed by atoms with Gasteiger partial charge in [-0.1, -0.05) is 12.1 Å². The molecule has 1 aromatic rings. The summed E-state index contributed by atoms with van der Waals surface area (Å²) in [6, 6.07) is 4.86. The van der Waals surface area contributed by atoms with Crippen LogP contribution in [0.2, 0.25) is 0 Å². The van der Waals surface area contributed by atoms with Gasteiger partial charge >= 0.3 is 25.0 Å². The van der Waals surface area contributed by atoms with Crippen LogP contribution in [0.3, 0.4) is 0 Å². The molecule has 1 heterocycles. The summed E-state index contributed by atoms with van der Waals surface area (Å²) in [5.74, 6) is -12.5. The fraction of sp³-hybridized carbons (Fsp3) is 0.333. The predicted molar refractivity (Wildman–Crippen MR) is 49.4 cm³/mol. The zero-order valence-electron chi connectivity index (χ0n) is 8.85. The Balaban J connectivity index is 2.29. The molecule has 1 aliphatic rings. The predicted octanol–water partition coefficient (Wildman–Crippen LogP) is 3.32. The van der Waals surface area contributed by atoms with Gasteiger partial charge in [-0.05, 0) is 12.1 Å². The molecule has 0 bridgehead atoms. The minimum Gasteiger partial charge on any atom is -0.519 e. The van der Waals surface area contributed by atoms with Gasteiger partial charge in [-0.15, -0.1) is 0 Å².